The number of ether oxygens (including phenoxy) is 3. The lowest BCUT2D eigenvalue weighted by molar-refractivity contribution is -0.0190. The Morgan fingerprint density at radius 1 is 1.06 bits per heavy atom. The number of benzene rings is 3. The Kier molecular flexibility index (Phi) is 5.27. The predicted molar refractivity (Wildman–Crippen MR) is 121 cm³/mol. The smallest absolute Gasteiger partial charge is 0.337 e. The summed E-state index contributed by atoms with van der Waals surface area (Å²) in [5, 5.41) is 7.01. The second kappa shape index (κ2) is 8.38. The summed E-state index contributed by atoms with van der Waals surface area (Å²) >= 11 is 0. The molecule has 3 aromatic rings. The highest BCUT2D eigenvalue weighted by Gasteiger charge is 2.40. The SMILES string of the molecule is CCOc1ccc(C2=NN3[C@@H](c4ccc(C(=O)OC)cc4)Oc4ccccc4[C@@H]3C2)cc1. The number of fused-ring (bicyclic) bond motifs is 3. The maximum Gasteiger partial charge on any atom is 0.337 e. The minimum Gasteiger partial charge on any atom is -0.494 e. The van der Waals surface area contributed by atoms with Crippen LogP contribution in [-0.4, -0.2) is 30.4 Å². The van der Waals surface area contributed by atoms with E-state index < -0.39 is 0 Å². The number of esters is 1. The van der Waals surface area contributed by atoms with E-state index in [1.165, 1.54) is 7.11 Å². The first kappa shape index (κ1) is 20.1. The van der Waals surface area contributed by atoms with E-state index >= 15 is 0 Å². The topological polar surface area (TPSA) is 60.4 Å². The van der Waals surface area contributed by atoms with Gasteiger partial charge in [0.15, 0.2) is 0 Å². The van der Waals surface area contributed by atoms with Crippen molar-refractivity contribution < 1.29 is 19.0 Å². The van der Waals surface area contributed by atoms with Crippen LogP contribution in [-0.2, 0) is 4.74 Å². The third-order valence-electron chi connectivity index (χ3n) is 5.81. The molecule has 0 spiro atoms. The summed E-state index contributed by atoms with van der Waals surface area (Å²) in [6, 6.07) is 23.5. The van der Waals surface area contributed by atoms with Gasteiger partial charge in [0.25, 0.3) is 0 Å². The zero-order chi connectivity index (χ0) is 22.1. The second-order valence-electron chi connectivity index (χ2n) is 7.73. The van der Waals surface area contributed by atoms with Crippen LogP contribution in [0.3, 0.4) is 0 Å². The maximum atomic E-state index is 11.8. The molecule has 0 saturated heterocycles. The third-order valence-corrected chi connectivity index (χ3v) is 5.81. The Bertz CT molecular complexity index is 1160. The van der Waals surface area contributed by atoms with Crippen molar-refractivity contribution in [3.05, 3.63) is 95.1 Å². The highest BCUT2D eigenvalue weighted by molar-refractivity contribution is 6.02. The lowest BCUT2D eigenvalue weighted by Gasteiger charge is -2.38. The molecule has 2 heterocycles. The fraction of sp³-hybridized carbons (Fsp3) is 0.231. The van der Waals surface area contributed by atoms with Crippen LogP contribution in [0.1, 0.15) is 52.7 Å². The summed E-state index contributed by atoms with van der Waals surface area (Å²) < 4.78 is 16.8. The van der Waals surface area contributed by atoms with E-state index in [0.29, 0.717) is 12.2 Å². The van der Waals surface area contributed by atoms with E-state index in [0.717, 1.165) is 40.3 Å². The molecule has 2 aliphatic rings. The van der Waals surface area contributed by atoms with Crippen molar-refractivity contribution >= 4 is 11.7 Å². The van der Waals surface area contributed by atoms with Crippen LogP contribution >= 0.6 is 0 Å². The van der Waals surface area contributed by atoms with E-state index in [9.17, 15) is 4.79 Å². The fourth-order valence-corrected chi connectivity index (χ4v) is 4.24. The van der Waals surface area contributed by atoms with Crippen LogP contribution in [0.15, 0.2) is 77.9 Å². The average molecular weight is 428 g/mol. The van der Waals surface area contributed by atoms with Crippen LogP contribution in [0, 0.1) is 0 Å². The molecule has 6 heteroatoms. The largest absolute Gasteiger partial charge is 0.494 e. The van der Waals surface area contributed by atoms with Crippen LogP contribution in [0.2, 0.25) is 0 Å². The average Bonchev–Trinajstić information content (AvgIpc) is 3.30. The molecule has 32 heavy (non-hydrogen) atoms. The lowest BCUT2D eigenvalue weighted by Crippen LogP contribution is -2.33. The molecule has 2 atom stereocenters. The van der Waals surface area contributed by atoms with Gasteiger partial charge in [-0.25, -0.2) is 9.80 Å². The molecule has 0 N–H and O–H groups in total. The molecular formula is C26H24N2O4. The summed E-state index contributed by atoms with van der Waals surface area (Å²) in [4.78, 5) is 11.8. The van der Waals surface area contributed by atoms with E-state index in [1.807, 2.05) is 54.4 Å². The third kappa shape index (κ3) is 3.58. The zero-order valence-corrected chi connectivity index (χ0v) is 18.0. The van der Waals surface area contributed by atoms with Crippen molar-refractivity contribution in [2.75, 3.05) is 13.7 Å². The van der Waals surface area contributed by atoms with Gasteiger partial charge in [-0.1, -0.05) is 30.3 Å². The molecule has 0 fully saturated rings. The molecule has 0 aromatic heterocycles. The Morgan fingerprint density at radius 2 is 1.81 bits per heavy atom. The van der Waals surface area contributed by atoms with Crippen molar-refractivity contribution in [2.45, 2.75) is 25.6 Å². The molecule has 5 rings (SSSR count). The molecule has 0 amide bonds. The van der Waals surface area contributed by atoms with Gasteiger partial charge in [0.1, 0.15) is 11.5 Å². The monoisotopic (exact) mass is 428 g/mol. The van der Waals surface area contributed by atoms with Gasteiger partial charge in [-0.05, 0) is 55.0 Å². The summed E-state index contributed by atoms with van der Waals surface area (Å²) in [5.74, 6) is 1.35. The summed E-state index contributed by atoms with van der Waals surface area (Å²) in [7, 11) is 1.38. The molecule has 162 valence electrons. The predicted octanol–water partition coefficient (Wildman–Crippen LogP) is 5.11. The number of carbonyl (C=O) groups is 1. The molecule has 2 aliphatic heterocycles. The van der Waals surface area contributed by atoms with Crippen molar-refractivity contribution in [2.24, 2.45) is 5.10 Å². The number of hydrogen-bond donors (Lipinski definition) is 0. The summed E-state index contributed by atoms with van der Waals surface area (Å²) in [6.45, 7) is 2.61. The Labute approximate surface area is 187 Å². The second-order valence-corrected chi connectivity index (χ2v) is 7.73. The highest BCUT2D eigenvalue weighted by atomic mass is 16.5. The first-order chi connectivity index (χ1) is 15.7. The first-order valence-electron chi connectivity index (χ1n) is 10.7. The van der Waals surface area contributed by atoms with Gasteiger partial charge in [-0.15, -0.1) is 0 Å². The molecule has 0 bridgehead atoms. The maximum absolute atomic E-state index is 11.8. The van der Waals surface area contributed by atoms with Crippen molar-refractivity contribution in [3.63, 3.8) is 0 Å². The van der Waals surface area contributed by atoms with Crippen molar-refractivity contribution in [1.82, 2.24) is 5.01 Å². The van der Waals surface area contributed by atoms with Gasteiger partial charge in [-0.3, -0.25) is 0 Å². The Balaban J connectivity index is 1.50. The number of carbonyl (C=O) groups excluding carboxylic acids is 1. The van der Waals surface area contributed by atoms with Gasteiger partial charge >= 0.3 is 5.97 Å². The standard InChI is InChI=1S/C26H24N2O4/c1-3-31-20-14-12-17(13-15-20)22-16-23-21-6-4-5-7-24(21)32-25(28(23)27-22)18-8-10-19(11-9-18)26(29)30-2/h4-15,23,25H,3,16H2,1-2H3/t23-,25+/m0/s1. The molecule has 0 saturated carbocycles. The fourth-order valence-electron chi connectivity index (χ4n) is 4.24. The van der Waals surface area contributed by atoms with E-state index in [2.05, 4.69) is 18.2 Å². The lowest BCUT2D eigenvalue weighted by atomic mass is 9.96. The van der Waals surface area contributed by atoms with Gasteiger partial charge in [0.05, 0.1) is 31.0 Å². The van der Waals surface area contributed by atoms with Crippen LogP contribution in [0.4, 0.5) is 0 Å². The quantitative estimate of drug-likeness (QED) is 0.528. The minimum atomic E-state index is -0.387. The molecule has 0 unspecified atom stereocenters. The van der Waals surface area contributed by atoms with Crippen molar-refractivity contribution in [3.8, 4) is 11.5 Å². The van der Waals surface area contributed by atoms with Crippen LogP contribution in [0.25, 0.3) is 0 Å². The molecule has 0 radical (unpaired) electrons. The summed E-state index contributed by atoms with van der Waals surface area (Å²) in [6.07, 6.45) is 0.396. The highest BCUT2D eigenvalue weighted by Crippen LogP contribution is 2.47. The Morgan fingerprint density at radius 3 is 2.53 bits per heavy atom. The number of hydrogen-bond acceptors (Lipinski definition) is 6. The van der Waals surface area contributed by atoms with Gasteiger partial charge in [0, 0.05) is 17.5 Å². The molecular weight excluding hydrogens is 404 g/mol. The Hall–Kier alpha value is -3.80. The molecule has 0 aliphatic carbocycles. The number of para-hydroxylation sites is 1. The van der Waals surface area contributed by atoms with Gasteiger partial charge < -0.3 is 14.2 Å². The first-order valence-corrected chi connectivity index (χ1v) is 10.7. The summed E-state index contributed by atoms with van der Waals surface area (Å²) in [5.41, 5.74) is 4.63. The van der Waals surface area contributed by atoms with Crippen molar-refractivity contribution in [1.29, 1.82) is 0 Å². The number of rotatable bonds is 5. The van der Waals surface area contributed by atoms with E-state index in [1.54, 1.807) is 12.1 Å². The van der Waals surface area contributed by atoms with Gasteiger partial charge in [-0.2, -0.15) is 5.10 Å². The van der Waals surface area contributed by atoms with E-state index in [-0.39, 0.29) is 18.2 Å². The van der Waals surface area contributed by atoms with Gasteiger partial charge in [0.2, 0.25) is 6.23 Å². The number of nitrogens with zero attached hydrogens (tertiary/aromatic N) is 2. The van der Waals surface area contributed by atoms with Crippen LogP contribution in [0.5, 0.6) is 11.5 Å². The normalized spacial score (nSPS) is 18.8. The zero-order valence-electron chi connectivity index (χ0n) is 18.0. The van der Waals surface area contributed by atoms with Crippen LogP contribution < -0.4 is 9.47 Å². The number of hydrazone groups is 1. The molecule has 6 nitrogen and oxygen atoms in total. The van der Waals surface area contributed by atoms with E-state index in [4.69, 9.17) is 19.3 Å². The molecule has 3 aromatic carbocycles. The minimum absolute atomic E-state index is 0.0757. The number of methoxy groups -OCH3 is 1.